The molecule has 0 bridgehead atoms. The molecule has 56 heavy (non-hydrogen) atoms. The monoisotopic (exact) mass is 798 g/mol. The third-order valence-electron chi connectivity index (χ3n) is 12.7. The van der Waals surface area contributed by atoms with Gasteiger partial charge in [0.05, 0.1) is 63.3 Å². The molecule has 4 aliphatic heterocycles. The van der Waals surface area contributed by atoms with Crippen LogP contribution in [0.2, 0.25) is 0 Å². The molecule has 3 saturated carbocycles. The van der Waals surface area contributed by atoms with Crippen molar-refractivity contribution in [3.63, 3.8) is 0 Å². The highest BCUT2D eigenvalue weighted by Crippen LogP contribution is 2.43. The highest BCUT2D eigenvalue weighted by Gasteiger charge is 2.47. The first-order valence-electron chi connectivity index (χ1n) is 22.1. The molecule has 4 unspecified atom stereocenters. The Morgan fingerprint density at radius 3 is 1.41 bits per heavy atom. The number of nitrogens with one attached hydrogen (secondary N) is 1. The third kappa shape index (κ3) is 16.3. The van der Waals surface area contributed by atoms with Crippen molar-refractivity contribution in [1.29, 1.82) is 0 Å². The van der Waals surface area contributed by atoms with Crippen molar-refractivity contribution in [2.45, 2.75) is 184 Å². The van der Waals surface area contributed by atoms with Crippen LogP contribution in [-0.2, 0) is 38.0 Å². The van der Waals surface area contributed by atoms with Crippen LogP contribution in [0.4, 0.5) is 4.79 Å². The Morgan fingerprint density at radius 2 is 1.05 bits per heavy atom. The Kier molecular flexibility index (Phi) is 19.4. The van der Waals surface area contributed by atoms with Crippen molar-refractivity contribution in [3.8, 4) is 0 Å². The number of hydrogen-bond donors (Lipinski definition) is 2. The lowest BCUT2D eigenvalue weighted by molar-refractivity contribution is -0.266. The Morgan fingerprint density at radius 1 is 0.643 bits per heavy atom. The smallest absolute Gasteiger partial charge is 0.407 e. The van der Waals surface area contributed by atoms with E-state index in [4.69, 9.17) is 38.3 Å². The zero-order valence-corrected chi connectivity index (χ0v) is 37.8. The molecule has 11 nitrogen and oxygen atoms in total. The van der Waals surface area contributed by atoms with Gasteiger partial charge >= 0.3 is 12.1 Å². The minimum absolute atomic E-state index is 0.0348. The summed E-state index contributed by atoms with van der Waals surface area (Å²) < 4.78 is 38.9. The molecule has 0 radical (unpaired) electrons. The number of aliphatic carboxylic acids is 1. The van der Waals surface area contributed by atoms with Gasteiger partial charge in [-0.05, 0) is 120 Å². The second-order valence-electron chi connectivity index (χ2n) is 20.1. The predicted octanol–water partition coefficient (Wildman–Crippen LogP) is 9.34. The van der Waals surface area contributed by atoms with Crippen LogP contribution in [0.25, 0.3) is 0 Å². The predicted molar refractivity (Wildman–Crippen MR) is 219 cm³/mol. The number of rotatable bonds is 7. The Balaban J connectivity index is 0.000000189. The second-order valence-corrected chi connectivity index (χ2v) is 20.1. The van der Waals surface area contributed by atoms with E-state index in [1.165, 1.54) is 25.7 Å². The summed E-state index contributed by atoms with van der Waals surface area (Å²) in [5.41, 5.74) is 0. The maximum Gasteiger partial charge on any atom is 0.407 e. The third-order valence-corrected chi connectivity index (χ3v) is 12.7. The molecule has 328 valence electrons. The summed E-state index contributed by atoms with van der Waals surface area (Å²) in [4.78, 5) is 20.9. The molecule has 4 saturated heterocycles. The first kappa shape index (κ1) is 48.9. The van der Waals surface area contributed by atoms with Gasteiger partial charge in [-0.25, -0.2) is 4.79 Å². The number of carbonyl (C=O) groups excluding carboxylic acids is 1. The number of carboxylic acid groups (broad SMARTS) is 1. The number of cyclic esters (lactones) is 1. The molecule has 2 N–H and O–H groups in total. The second kappa shape index (κ2) is 22.2. The Labute approximate surface area is 340 Å². The zero-order valence-electron chi connectivity index (χ0n) is 37.8. The summed E-state index contributed by atoms with van der Waals surface area (Å²) in [5.74, 6) is 4.98. The molecule has 7 rings (SSSR count). The SMILES string of the molecule is CC(C)C1CC(C(=O)O)C1.CC(C)C1CC2OCCOC2C1.CC(C)C1COC(C)(C)OC1.CC(C)C1C[C@@H]2OC(C)(C)O[C@@H]2C1.CC(C)CC1CNC(=O)O1. The van der Waals surface area contributed by atoms with Crippen molar-refractivity contribution in [2.75, 3.05) is 33.0 Å². The zero-order chi connectivity index (χ0) is 42.0. The van der Waals surface area contributed by atoms with Crippen LogP contribution < -0.4 is 5.32 Å². The summed E-state index contributed by atoms with van der Waals surface area (Å²) in [5, 5.41) is 11.1. The number of carboxylic acids is 1. The summed E-state index contributed by atoms with van der Waals surface area (Å²) in [7, 11) is 0. The van der Waals surface area contributed by atoms with Crippen LogP contribution in [0.5, 0.6) is 0 Å². The average molecular weight is 798 g/mol. The van der Waals surface area contributed by atoms with E-state index in [-0.39, 0.29) is 29.7 Å². The summed E-state index contributed by atoms with van der Waals surface area (Å²) >= 11 is 0. The quantitative estimate of drug-likeness (QED) is 0.257. The molecule has 0 aromatic heterocycles. The molecule has 4 heterocycles. The largest absolute Gasteiger partial charge is 0.481 e. The normalized spacial score (nSPS) is 34.1. The molecular weight excluding hydrogens is 714 g/mol. The van der Waals surface area contributed by atoms with E-state index in [0.717, 1.165) is 69.4 Å². The van der Waals surface area contributed by atoms with E-state index in [9.17, 15) is 9.59 Å². The molecule has 0 aromatic rings. The van der Waals surface area contributed by atoms with Gasteiger partial charge in [-0.15, -0.1) is 0 Å². The fourth-order valence-electron chi connectivity index (χ4n) is 8.42. The molecule has 7 fully saturated rings. The van der Waals surface area contributed by atoms with Gasteiger partial charge in [0.1, 0.15) is 6.10 Å². The molecule has 0 aromatic carbocycles. The van der Waals surface area contributed by atoms with Gasteiger partial charge in [0.25, 0.3) is 0 Å². The fourth-order valence-corrected chi connectivity index (χ4v) is 8.42. The standard InChI is InChI=1S/C11H20O2.C10H18O2.C9H18O2.C8H14O2.C7H13NO2/c1-7(2)8-5-9-10(6-8)13-11(3,4)12-9;1-7(2)8-5-9-10(6-8)12-4-3-11-9;1-7(2)8-5-10-9(3,4)11-6-8;1-5(2)6-3-7(4-6)8(9)10;1-5(2)3-6-4-8-7(9)10-6/h7-10H,5-6H2,1-4H3;7-10H,3-6H2,1-2H3;7-8H,5-6H2,1-4H3;5-7H,3-4H2,1-2H3,(H,9,10);5-6H,3-4H2,1-2H3,(H,8,9)/t8?,9-,10+;;;;. The van der Waals surface area contributed by atoms with Crippen LogP contribution in [0.3, 0.4) is 0 Å². The number of hydrogen-bond acceptors (Lipinski definition) is 9. The van der Waals surface area contributed by atoms with E-state index in [1.54, 1.807) is 0 Å². The van der Waals surface area contributed by atoms with Crippen LogP contribution in [-0.4, -0.2) is 92.2 Å². The van der Waals surface area contributed by atoms with E-state index < -0.39 is 5.97 Å². The Bertz CT molecular complexity index is 1120. The lowest BCUT2D eigenvalue weighted by Gasteiger charge is -2.36. The van der Waals surface area contributed by atoms with Gasteiger partial charge in [-0.3, -0.25) is 4.79 Å². The van der Waals surface area contributed by atoms with Crippen molar-refractivity contribution in [1.82, 2.24) is 5.32 Å². The van der Waals surface area contributed by atoms with Crippen LogP contribution >= 0.6 is 0 Å². The highest BCUT2D eigenvalue weighted by atomic mass is 16.8. The minimum atomic E-state index is -0.614. The molecular formula is C45H83NO10. The summed E-state index contributed by atoms with van der Waals surface area (Å²) in [6.07, 6.45) is 8.92. The number of amides is 1. The van der Waals surface area contributed by atoms with Crippen LogP contribution in [0, 0.1) is 59.2 Å². The van der Waals surface area contributed by atoms with Crippen LogP contribution in [0.15, 0.2) is 0 Å². The highest BCUT2D eigenvalue weighted by molar-refractivity contribution is 5.71. The van der Waals surface area contributed by atoms with E-state index in [2.05, 4.69) is 74.6 Å². The molecule has 3 aliphatic carbocycles. The number of alkyl carbamates (subject to hydrolysis) is 1. The van der Waals surface area contributed by atoms with E-state index in [1.807, 2.05) is 27.7 Å². The number of carbonyl (C=O) groups is 2. The molecule has 0 spiro atoms. The molecule has 7 aliphatic rings. The molecule has 6 atom stereocenters. The maximum atomic E-state index is 10.5. The lowest BCUT2D eigenvalue weighted by atomic mass is 9.70. The van der Waals surface area contributed by atoms with E-state index in [0.29, 0.717) is 60.6 Å². The van der Waals surface area contributed by atoms with Crippen LogP contribution in [0.1, 0.15) is 142 Å². The lowest BCUT2D eigenvalue weighted by Crippen LogP contribution is -2.40. The topological polar surface area (TPSA) is 131 Å². The van der Waals surface area contributed by atoms with E-state index >= 15 is 0 Å². The average Bonchev–Trinajstić information content (AvgIpc) is 3.83. The first-order valence-corrected chi connectivity index (χ1v) is 22.1. The summed E-state index contributed by atoms with van der Waals surface area (Å²) in [6, 6.07) is 0. The maximum absolute atomic E-state index is 10.5. The molecule has 11 heteroatoms. The fraction of sp³-hybridized carbons (Fsp3) is 0.956. The van der Waals surface area contributed by atoms with Crippen molar-refractivity contribution in [2.24, 2.45) is 59.2 Å². The van der Waals surface area contributed by atoms with Gasteiger partial charge < -0.3 is 43.6 Å². The van der Waals surface area contributed by atoms with Gasteiger partial charge in [0.15, 0.2) is 11.6 Å². The van der Waals surface area contributed by atoms with Crippen molar-refractivity contribution in [3.05, 3.63) is 0 Å². The Hall–Kier alpha value is -1.50. The summed E-state index contributed by atoms with van der Waals surface area (Å²) in [6.45, 7) is 34.0. The molecule has 1 amide bonds. The number of fused-ring (bicyclic) bond motifs is 2. The number of ether oxygens (including phenoxy) is 7. The van der Waals surface area contributed by atoms with Gasteiger partial charge in [-0.1, -0.05) is 69.2 Å². The minimum Gasteiger partial charge on any atom is -0.481 e. The van der Waals surface area contributed by atoms with Crippen molar-refractivity contribution < 1.29 is 47.9 Å². The van der Waals surface area contributed by atoms with Crippen molar-refractivity contribution >= 4 is 12.1 Å². The van der Waals surface area contributed by atoms with Gasteiger partial charge in [0.2, 0.25) is 0 Å². The van der Waals surface area contributed by atoms with Gasteiger partial charge in [-0.2, -0.15) is 0 Å². The first-order chi connectivity index (χ1) is 26.1. The van der Waals surface area contributed by atoms with Gasteiger partial charge in [0, 0.05) is 5.92 Å².